The number of carboxylic acids is 1. The van der Waals surface area contributed by atoms with E-state index in [1.54, 1.807) is 35.0 Å². The highest BCUT2D eigenvalue weighted by atomic mass is 16.4. The molecular formula is C14H12N4O2. The van der Waals surface area contributed by atoms with Crippen LogP contribution in [-0.4, -0.2) is 30.8 Å². The minimum absolute atomic E-state index is 0.244. The quantitative estimate of drug-likeness (QED) is 0.770. The van der Waals surface area contributed by atoms with E-state index in [9.17, 15) is 4.79 Å². The molecule has 0 radical (unpaired) electrons. The van der Waals surface area contributed by atoms with Gasteiger partial charge in [-0.1, -0.05) is 6.07 Å². The molecule has 3 rings (SSSR count). The molecule has 0 bridgehead atoms. The van der Waals surface area contributed by atoms with Crippen LogP contribution in [0, 0.1) is 13.8 Å². The van der Waals surface area contributed by atoms with Gasteiger partial charge in [-0.15, -0.1) is 5.10 Å². The molecule has 100 valence electrons. The van der Waals surface area contributed by atoms with Gasteiger partial charge < -0.3 is 5.11 Å². The van der Waals surface area contributed by atoms with Gasteiger partial charge in [-0.25, -0.2) is 14.8 Å². The molecule has 1 N–H and O–H groups in total. The maximum atomic E-state index is 11.2. The van der Waals surface area contributed by atoms with Crippen molar-refractivity contribution in [3.05, 3.63) is 47.5 Å². The van der Waals surface area contributed by atoms with Gasteiger partial charge in [0.15, 0.2) is 5.82 Å². The van der Waals surface area contributed by atoms with Gasteiger partial charge in [-0.2, -0.15) is 4.68 Å². The lowest BCUT2D eigenvalue weighted by Gasteiger charge is -2.05. The van der Waals surface area contributed by atoms with E-state index >= 15 is 0 Å². The van der Waals surface area contributed by atoms with Crippen LogP contribution in [0.1, 0.15) is 22.0 Å². The molecule has 0 aliphatic rings. The highest BCUT2D eigenvalue weighted by Gasteiger charge is 2.11. The minimum Gasteiger partial charge on any atom is -0.478 e. The first-order valence-corrected chi connectivity index (χ1v) is 6.10. The fourth-order valence-corrected chi connectivity index (χ4v) is 2.19. The molecule has 0 fully saturated rings. The van der Waals surface area contributed by atoms with E-state index in [1.807, 2.05) is 13.8 Å². The monoisotopic (exact) mass is 268 g/mol. The van der Waals surface area contributed by atoms with E-state index < -0.39 is 5.97 Å². The van der Waals surface area contributed by atoms with Crippen LogP contribution in [0.2, 0.25) is 0 Å². The molecule has 0 aliphatic carbocycles. The van der Waals surface area contributed by atoms with E-state index in [1.165, 1.54) is 0 Å². The summed E-state index contributed by atoms with van der Waals surface area (Å²) < 4.78 is 1.64. The molecular weight excluding hydrogens is 256 g/mol. The molecule has 3 aromatic rings. The van der Waals surface area contributed by atoms with Crippen LogP contribution in [-0.2, 0) is 0 Å². The van der Waals surface area contributed by atoms with Crippen molar-refractivity contribution < 1.29 is 9.90 Å². The number of pyridine rings is 1. The molecule has 0 spiro atoms. The molecule has 2 aromatic heterocycles. The van der Waals surface area contributed by atoms with Gasteiger partial charge in [0.25, 0.3) is 0 Å². The number of rotatable bonds is 2. The lowest BCUT2D eigenvalue weighted by molar-refractivity contribution is 0.0699. The van der Waals surface area contributed by atoms with Crippen molar-refractivity contribution in [2.75, 3.05) is 0 Å². The maximum Gasteiger partial charge on any atom is 0.336 e. The Morgan fingerprint density at radius 2 is 1.95 bits per heavy atom. The highest BCUT2D eigenvalue weighted by molar-refractivity contribution is 6.02. The predicted molar refractivity (Wildman–Crippen MR) is 73.1 cm³/mol. The highest BCUT2D eigenvalue weighted by Crippen LogP contribution is 2.19. The molecule has 1 aromatic carbocycles. The van der Waals surface area contributed by atoms with Gasteiger partial charge in [-0.3, -0.25) is 0 Å². The topological polar surface area (TPSA) is 80.9 Å². The number of hydrogen-bond acceptors (Lipinski definition) is 4. The smallest absolute Gasteiger partial charge is 0.336 e. The summed E-state index contributed by atoms with van der Waals surface area (Å²) in [7, 11) is 0. The Hall–Kier alpha value is -2.76. The Morgan fingerprint density at radius 3 is 2.60 bits per heavy atom. The number of carboxylic acid groups (broad SMARTS) is 1. The second kappa shape index (κ2) is 4.41. The van der Waals surface area contributed by atoms with Crippen LogP contribution in [0.5, 0.6) is 0 Å². The third-order valence-corrected chi connectivity index (χ3v) is 3.04. The first-order valence-electron chi connectivity index (χ1n) is 6.10. The summed E-state index contributed by atoms with van der Waals surface area (Å²) in [4.78, 5) is 19.9. The molecule has 0 atom stereocenters. The molecule has 0 aliphatic heterocycles. The first-order chi connectivity index (χ1) is 9.56. The summed E-state index contributed by atoms with van der Waals surface area (Å²) in [5.74, 6) is 1.07. The molecule has 0 saturated carbocycles. The zero-order chi connectivity index (χ0) is 14.3. The van der Waals surface area contributed by atoms with Gasteiger partial charge in [-0.05, 0) is 38.1 Å². The summed E-state index contributed by atoms with van der Waals surface area (Å²) in [5.41, 5.74) is 0.864. The molecule has 6 heteroatoms. The number of aromatic carboxylic acids is 1. The Labute approximate surface area is 114 Å². The molecule has 6 nitrogen and oxygen atoms in total. The average Bonchev–Trinajstić information content (AvgIpc) is 2.76. The minimum atomic E-state index is -0.960. The predicted octanol–water partition coefficient (Wildman–Crippen LogP) is 2.13. The number of aryl methyl sites for hydroxylation is 2. The van der Waals surface area contributed by atoms with Crippen molar-refractivity contribution in [1.82, 2.24) is 19.7 Å². The Kier molecular flexibility index (Phi) is 2.71. The van der Waals surface area contributed by atoms with Gasteiger partial charge in [0.05, 0.1) is 11.1 Å². The second-order valence-electron chi connectivity index (χ2n) is 4.46. The van der Waals surface area contributed by atoms with E-state index in [0.717, 1.165) is 5.82 Å². The molecule has 0 unspecified atom stereocenters. The largest absolute Gasteiger partial charge is 0.478 e. The lowest BCUT2D eigenvalue weighted by Crippen LogP contribution is -2.03. The van der Waals surface area contributed by atoms with Gasteiger partial charge in [0.1, 0.15) is 11.6 Å². The molecule has 0 saturated heterocycles. The Bertz CT molecular complexity index is 823. The number of benzene rings is 1. The van der Waals surface area contributed by atoms with Gasteiger partial charge in [0, 0.05) is 5.39 Å². The third kappa shape index (κ3) is 1.91. The summed E-state index contributed by atoms with van der Waals surface area (Å²) in [6, 6.07) is 8.52. The Balaban J connectivity index is 2.22. The summed E-state index contributed by atoms with van der Waals surface area (Å²) in [5, 5.41) is 14.0. The molecule has 20 heavy (non-hydrogen) atoms. The number of carbonyl (C=O) groups is 1. The number of aromatic nitrogens is 4. The SMILES string of the molecule is Cc1nc(C)n(-c2ccc3c(C(=O)O)cccc3n2)n1. The van der Waals surface area contributed by atoms with Crippen LogP contribution in [0.3, 0.4) is 0 Å². The van der Waals surface area contributed by atoms with Crippen molar-refractivity contribution in [3.63, 3.8) is 0 Å². The van der Waals surface area contributed by atoms with E-state index in [0.29, 0.717) is 22.5 Å². The van der Waals surface area contributed by atoms with Crippen LogP contribution < -0.4 is 0 Å². The normalized spacial score (nSPS) is 10.9. The van der Waals surface area contributed by atoms with Crippen molar-refractivity contribution in [1.29, 1.82) is 0 Å². The van der Waals surface area contributed by atoms with E-state index in [4.69, 9.17) is 5.11 Å². The zero-order valence-electron chi connectivity index (χ0n) is 11.0. The van der Waals surface area contributed by atoms with Crippen LogP contribution in [0.25, 0.3) is 16.7 Å². The maximum absolute atomic E-state index is 11.2. The molecule has 2 heterocycles. The number of hydrogen-bond donors (Lipinski definition) is 1. The lowest BCUT2D eigenvalue weighted by atomic mass is 10.1. The first kappa shape index (κ1) is 12.3. The van der Waals surface area contributed by atoms with Crippen molar-refractivity contribution in [2.24, 2.45) is 0 Å². The van der Waals surface area contributed by atoms with E-state index in [2.05, 4.69) is 15.1 Å². The average molecular weight is 268 g/mol. The second-order valence-corrected chi connectivity index (χ2v) is 4.46. The number of nitrogens with zero attached hydrogens (tertiary/aromatic N) is 4. The zero-order valence-corrected chi connectivity index (χ0v) is 11.0. The fraction of sp³-hybridized carbons (Fsp3) is 0.143. The third-order valence-electron chi connectivity index (χ3n) is 3.04. The van der Waals surface area contributed by atoms with Crippen LogP contribution in [0.4, 0.5) is 0 Å². The Morgan fingerprint density at radius 1 is 1.15 bits per heavy atom. The number of fused-ring (bicyclic) bond motifs is 1. The van der Waals surface area contributed by atoms with Crippen molar-refractivity contribution >= 4 is 16.9 Å². The summed E-state index contributed by atoms with van der Waals surface area (Å²) in [6.45, 7) is 3.66. The summed E-state index contributed by atoms with van der Waals surface area (Å²) in [6.07, 6.45) is 0. The van der Waals surface area contributed by atoms with Gasteiger partial charge in [0.2, 0.25) is 0 Å². The fourth-order valence-electron chi connectivity index (χ4n) is 2.19. The standard InChI is InChI=1S/C14H12N4O2/c1-8-15-9(2)18(17-8)13-7-6-10-11(14(19)20)4-3-5-12(10)16-13/h3-7H,1-2H3,(H,19,20). The van der Waals surface area contributed by atoms with Gasteiger partial charge >= 0.3 is 5.97 Å². The van der Waals surface area contributed by atoms with Crippen molar-refractivity contribution in [2.45, 2.75) is 13.8 Å². The van der Waals surface area contributed by atoms with Crippen LogP contribution >= 0.6 is 0 Å². The van der Waals surface area contributed by atoms with Crippen LogP contribution in [0.15, 0.2) is 30.3 Å². The van der Waals surface area contributed by atoms with E-state index in [-0.39, 0.29) is 5.56 Å². The summed E-state index contributed by atoms with van der Waals surface area (Å²) >= 11 is 0. The van der Waals surface area contributed by atoms with Crippen molar-refractivity contribution in [3.8, 4) is 5.82 Å². The molecule has 0 amide bonds.